The van der Waals surface area contributed by atoms with Gasteiger partial charge >= 0.3 is 6.18 Å². The van der Waals surface area contributed by atoms with Crippen molar-refractivity contribution < 1.29 is 18.3 Å². The highest BCUT2D eigenvalue weighted by atomic mass is 32.1. The van der Waals surface area contributed by atoms with Crippen LogP contribution in [-0.4, -0.2) is 10.1 Å². The van der Waals surface area contributed by atoms with Crippen LogP contribution in [0.5, 0.6) is 5.75 Å². The first-order valence-electron chi connectivity index (χ1n) is 5.96. The number of phenolic OH excluding ortho intramolecular Hbond substituents is 1. The summed E-state index contributed by atoms with van der Waals surface area (Å²) in [4.78, 5) is 4.29. The Balaban J connectivity index is 1.91. The Hall–Kier alpha value is -2.28. The smallest absolute Gasteiger partial charge is 0.416 e. The normalized spacial score (nSPS) is 11.8. The van der Waals surface area contributed by atoms with Crippen molar-refractivity contribution in [3.8, 4) is 5.75 Å². The molecule has 7 heteroatoms. The molecule has 0 spiro atoms. The van der Waals surface area contributed by atoms with E-state index in [-0.39, 0.29) is 5.69 Å². The number of alkyl halides is 3. The van der Waals surface area contributed by atoms with Crippen LogP contribution in [0, 0.1) is 0 Å². The Bertz CT molecular complexity index is 765. The van der Waals surface area contributed by atoms with E-state index >= 15 is 0 Å². The Morgan fingerprint density at radius 1 is 1.10 bits per heavy atom. The van der Waals surface area contributed by atoms with E-state index in [4.69, 9.17) is 0 Å². The molecule has 2 aromatic carbocycles. The largest absolute Gasteiger partial charge is 0.506 e. The molecule has 21 heavy (non-hydrogen) atoms. The van der Waals surface area contributed by atoms with Gasteiger partial charge in [0, 0.05) is 0 Å². The molecule has 0 bridgehead atoms. The van der Waals surface area contributed by atoms with E-state index in [9.17, 15) is 18.3 Å². The summed E-state index contributed by atoms with van der Waals surface area (Å²) < 4.78 is 38.5. The van der Waals surface area contributed by atoms with Crippen LogP contribution in [0.1, 0.15) is 5.56 Å². The predicted molar refractivity (Wildman–Crippen MR) is 76.0 cm³/mol. The van der Waals surface area contributed by atoms with Crippen LogP contribution < -0.4 is 5.32 Å². The van der Waals surface area contributed by atoms with E-state index in [0.717, 1.165) is 16.3 Å². The van der Waals surface area contributed by atoms with E-state index < -0.39 is 17.5 Å². The maximum absolute atomic E-state index is 12.5. The van der Waals surface area contributed by atoms with Gasteiger partial charge in [-0.1, -0.05) is 23.5 Å². The summed E-state index contributed by atoms with van der Waals surface area (Å²) in [5.41, 5.74) is 0.0771. The number of phenols is 1. The molecule has 0 radical (unpaired) electrons. The third-order valence-corrected chi connectivity index (χ3v) is 3.81. The second-order valence-corrected chi connectivity index (χ2v) is 5.37. The van der Waals surface area contributed by atoms with Gasteiger partial charge in [0.2, 0.25) is 0 Å². The van der Waals surface area contributed by atoms with Gasteiger partial charge in [0.15, 0.2) is 5.13 Å². The van der Waals surface area contributed by atoms with Crippen molar-refractivity contribution >= 4 is 32.4 Å². The van der Waals surface area contributed by atoms with Crippen molar-refractivity contribution in [2.75, 3.05) is 5.32 Å². The number of nitrogens with zero attached hydrogens (tertiary/aromatic N) is 1. The number of hydrogen-bond donors (Lipinski definition) is 2. The van der Waals surface area contributed by atoms with Crippen molar-refractivity contribution in [2.45, 2.75) is 6.18 Å². The third-order valence-electron chi connectivity index (χ3n) is 2.86. The molecule has 0 amide bonds. The molecule has 0 saturated heterocycles. The summed E-state index contributed by atoms with van der Waals surface area (Å²) in [7, 11) is 0. The summed E-state index contributed by atoms with van der Waals surface area (Å²) >= 11 is 1.36. The molecule has 2 N–H and O–H groups in total. The number of aromatic nitrogens is 1. The predicted octanol–water partition coefficient (Wildman–Crippen LogP) is 4.76. The minimum absolute atomic E-state index is 0.182. The van der Waals surface area contributed by atoms with E-state index in [1.165, 1.54) is 17.4 Å². The van der Waals surface area contributed by atoms with Gasteiger partial charge in [-0.05, 0) is 30.3 Å². The van der Waals surface area contributed by atoms with Gasteiger partial charge in [-0.15, -0.1) is 0 Å². The minimum atomic E-state index is -4.48. The lowest BCUT2D eigenvalue weighted by Crippen LogP contribution is -2.04. The van der Waals surface area contributed by atoms with Crippen LogP contribution in [0.3, 0.4) is 0 Å². The van der Waals surface area contributed by atoms with Gasteiger partial charge in [0.1, 0.15) is 5.75 Å². The SMILES string of the molecule is Oc1cc(C(F)(F)F)ccc1Nc1nc2ccccc2s1. The lowest BCUT2D eigenvalue weighted by molar-refractivity contribution is -0.137. The van der Waals surface area contributed by atoms with Crippen LogP contribution in [0.15, 0.2) is 42.5 Å². The maximum atomic E-state index is 12.5. The van der Waals surface area contributed by atoms with Crippen molar-refractivity contribution in [1.82, 2.24) is 4.98 Å². The van der Waals surface area contributed by atoms with E-state index in [1.807, 2.05) is 24.3 Å². The number of nitrogens with one attached hydrogen (secondary N) is 1. The number of fused-ring (bicyclic) bond motifs is 1. The second kappa shape index (κ2) is 4.92. The number of hydrogen-bond acceptors (Lipinski definition) is 4. The number of benzene rings is 2. The minimum Gasteiger partial charge on any atom is -0.506 e. The highest BCUT2D eigenvalue weighted by Crippen LogP contribution is 2.36. The standard InChI is InChI=1S/C14H9F3N2OS/c15-14(16,17)8-5-6-9(11(20)7-8)18-13-19-10-3-1-2-4-12(10)21-13/h1-7,20H,(H,18,19). The molecule has 0 saturated carbocycles. The summed E-state index contributed by atoms with van der Waals surface area (Å²) in [5, 5.41) is 13.0. The highest BCUT2D eigenvalue weighted by Gasteiger charge is 2.31. The fraction of sp³-hybridized carbons (Fsp3) is 0.0714. The topological polar surface area (TPSA) is 45.1 Å². The number of thiazole rings is 1. The molecule has 0 atom stereocenters. The van der Waals surface area contributed by atoms with E-state index in [2.05, 4.69) is 10.3 Å². The quantitative estimate of drug-likeness (QED) is 0.671. The average Bonchev–Trinajstić information content (AvgIpc) is 2.82. The Labute approximate surface area is 121 Å². The molecule has 1 aromatic heterocycles. The molecule has 108 valence electrons. The number of aromatic hydroxyl groups is 1. The molecule has 3 aromatic rings. The van der Waals surface area contributed by atoms with Crippen molar-refractivity contribution in [1.29, 1.82) is 0 Å². The molecule has 0 unspecified atom stereocenters. The molecule has 0 aliphatic carbocycles. The van der Waals surface area contributed by atoms with Crippen molar-refractivity contribution in [3.05, 3.63) is 48.0 Å². The first-order valence-corrected chi connectivity index (χ1v) is 6.78. The number of halogens is 3. The van der Waals surface area contributed by atoms with Gasteiger partial charge in [0.05, 0.1) is 21.5 Å². The Morgan fingerprint density at radius 3 is 2.52 bits per heavy atom. The van der Waals surface area contributed by atoms with Gasteiger partial charge < -0.3 is 10.4 Å². The summed E-state index contributed by atoms with van der Waals surface area (Å²) in [6, 6.07) is 10.2. The number of para-hydroxylation sites is 1. The summed E-state index contributed by atoms with van der Waals surface area (Å²) in [5.74, 6) is -0.468. The zero-order chi connectivity index (χ0) is 15.0. The first-order chi connectivity index (χ1) is 9.93. The highest BCUT2D eigenvalue weighted by molar-refractivity contribution is 7.22. The fourth-order valence-electron chi connectivity index (χ4n) is 1.85. The van der Waals surface area contributed by atoms with Crippen LogP contribution in [0.25, 0.3) is 10.2 Å². The number of rotatable bonds is 2. The number of anilines is 2. The van der Waals surface area contributed by atoms with Crippen LogP contribution in [0.2, 0.25) is 0 Å². The van der Waals surface area contributed by atoms with Crippen LogP contribution in [-0.2, 0) is 6.18 Å². The van der Waals surface area contributed by atoms with Crippen LogP contribution >= 0.6 is 11.3 Å². The van der Waals surface area contributed by atoms with Crippen LogP contribution in [0.4, 0.5) is 24.0 Å². The first kappa shape index (κ1) is 13.7. The zero-order valence-corrected chi connectivity index (χ0v) is 11.3. The second-order valence-electron chi connectivity index (χ2n) is 4.34. The molecule has 0 aliphatic heterocycles. The average molecular weight is 310 g/mol. The lowest BCUT2D eigenvalue weighted by Gasteiger charge is -2.10. The van der Waals surface area contributed by atoms with Gasteiger partial charge in [-0.25, -0.2) is 4.98 Å². The molecular formula is C14H9F3N2OS. The monoisotopic (exact) mass is 310 g/mol. The molecule has 0 aliphatic rings. The maximum Gasteiger partial charge on any atom is 0.416 e. The molecule has 3 rings (SSSR count). The van der Waals surface area contributed by atoms with Gasteiger partial charge in [0.25, 0.3) is 0 Å². The van der Waals surface area contributed by atoms with Crippen molar-refractivity contribution in [2.24, 2.45) is 0 Å². The van der Waals surface area contributed by atoms with Gasteiger partial charge in [-0.2, -0.15) is 13.2 Å². The van der Waals surface area contributed by atoms with Gasteiger partial charge in [-0.3, -0.25) is 0 Å². The molecule has 1 heterocycles. The van der Waals surface area contributed by atoms with E-state index in [1.54, 1.807) is 0 Å². The molecule has 3 nitrogen and oxygen atoms in total. The molecular weight excluding hydrogens is 301 g/mol. The zero-order valence-electron chi connectivity index (χ0n) is 10.5. The summed E-state index contributed by atoms with van der Waals surface area (Å²) in [6.07, 6.45) is -4.48. The lowest BCUT2D eigenvalue weighted by atomic mass is 10.2. The third kappa shape index (κ3) is 2.78. The molecule has 0 fully saturated rings. The van der Waals surface area contributed by atoms with Crippen molar-refractivity contribution in [3.63, 3.8) is 0 Å². The van der Waals surface area contributed by atoms with E-state index in [0.29, 0.717) is 11.2 Å². The Morgan fingerprint density at radius 2 is 1.86 bits per heavy atom. The Kier molecular flexibility index (Phi) is 3.21. The summed E-state index contributed by atoms with van der Waals surface area (Å²) in [6.45, 7) is 0. The fourth-order valence-corrected chi connectivity index (χ4v) is 2.73.